The number of nitrogens with zero attached hydrogens (tertiary/aromatic N) is 2. The number of halogens is 1. The van der Waals surface area contributed by atoms with E-state index in [-0.39, 0.29) is 11.7 Å². The highest BCUT2D eigenvalue weighted by atomic mass is 79.9. The molecule has 96 valence electrons. The van der Waals surface area contributed by atoms with E-state index >= 15 is 0 Å². The van der Waals surface area contributed by atoms with Gasteiger partial charge in [0.25, 0.3) is 5.91 Å². The molecule has 1 heterocycles. The van der Waals surface area contributed by atoms with Crippen LogP contribution in [0.4, 0.5) is 0 Å². The van der Waals surface area contributed by atoms with E-state index in [1.54, 1.807) is 30.3 Å². The highest BCUT2D eigenvalue weighted by Crippen LogP contribution is 2.23. The van der Waals surface area contributed by atoms with Crippen LogP contribution < -0.4 is 5.43 Å². The monoisotopic (exact) mass is 319 g/mol. The number of hydrazone groups is 1. The van der Waals surface area contributed by atoms with Gasteiger partial charge in [0.15, 0.2) is 0 Å². The number of rotatable bonds is 3. The second-order valence-corrected chi connectivity index (χ2v) is 4.48. The molecular formula is C13H10BrN3O2. The number of carbonyl (C=O) groups is 1. The molecule has 0 atom stereocenters. The summed E-state index contributed by atoms with van der Waals surface area (Å²) >= 11 is 3.19. The Morgan fingerprint density at radius 3 is 2.89 bits per heavy atom. The van der Waals surface area contributed by atoms with Gasteiger partial charge in [-0.1, -0.05) is 6.07 Å². The van der Waals surface area contributed by atoms with Crippen molar-refractivity contribution in [1.82, 2.24) is 10.4 Å². The van der Waals surface area contributed by atoms with Crippen LogP contribution in [0.15, 0.2) is 52.2 Å². The van der Waals surface area contributed by atoms with E-state index in [0.717, 1.165) is 5.56 Å². The van der Waals surface area contributed by atoms with Crippen LogP contribution in [-0.4, -0.2) is 22.2 Å². The maximum absolute atomic E-state index is 11.6. The van der Waals surface area contributed by atoms with Crippen LogP contribution >= 0.6 is 15.9 Å². The normalized spacial score (nSPS) is 10.6. The van der Waals surface area contributed by atoms with Crippen molar-refractivity contribution in [3.05, 3.63) is 58.3 Å². The first-order chi connectivity index (χ1) is 9.16. The highest BCUT2D eigenvalue weighted by molar-refractivity contribution is 9.10. The van der Waals surface area contributed by atoms with E-state index in [4.69, 9.17) is 0 Å². The number of hydrogen-bond donors (Lipinski definition) is 2. The predicted molar refractivity (Wildman–Crippen MR) is 75.1 cm³/mol. The number of nitrogens with one attached hydrogen (secondary N) is 1. The molecule has 0 spiro atoms. The van der Waals surface area contributed by atoms with E-state index in [1.165, 1.54) is 18.5 Å². The zero-order chi connectivity index (χ0) is 13.7. The number of phenols is 1. The Morgan fingerprint density at radius 2 is 2.21 bits per heavy atom. The van der Waals surface area contributed by atoms with Gasteiger partial charge in [0.05, 0.1) is 10.7 Å². The molecule has 5 nitrogen and oxygen atoms in total. The van der Waals surface area contributed by atoms with Crippen LogP contribution in [0.3, 0.4) is 0 Å². The molecule has 6 heteroatoms. The van der Waals surface area contributed by atoms with Crippen molar-refractivity contribution < 1.29 is 9.90 Å². The van der Waals surface area contributed by atoms with Crippen LogP contribution in [0.2, 0.25) is 0 Å². The standard InChI is InChI=1S/C13H10BrN3O2/c14-10-7-9(4-5-12(10)18)8-16-17-13(19)11-3-1-2-6-15-11/h1-8,18H,(H,17,19)/b16-8+. The average molecular weight is 320 g/mol. The molecule has 2 N–H and O–H groups in total. The molecule has 2 rings (SSSR count). The molecule has 1 amide bonds. The molecule has 0 unspecified atom stereocenters. The summed E-state index contributed by atoms with van der Waals surface area (Å²) in [7, 11) is 0. The van der Waals surface area contributed by atoms with E-state index in [2.05, 4.69) is 31.4 Å². The molecule has 0 saturated carbocycles. The molecular weight excluding hydrogens is 310 g/mol. The average Bonchev–Trinajstić information content (AvgIpc) is 2.43. The van der Waals surface area contributed by atoms with Gasteiger partial charge in [-0.25, -0.2) is 5.43 Å². The molecule has 1 aromatic carbocycles. The van der Waals surface area contributed by atoms with Crippen LogP contribution in [-0.2, 0) is 0 Å². The Balaban J connectivity index is 2.00. The van der Waals surface area contributed by atoms with E-state index in [0.29, 0.717) is 10.2 Å². The molecule has 0 saturated heterocycles. The summed E-state index contributed by atoms with van der Waals surface area (Å²) in [5.74, 6) is -0.232. The Morgan fingerprint density at radius 1 is 1.37 bits per heavy atom. The molecule has 0 fully saturated rings. The van der Waals surface area contributed by atoms with Gasteiger partial charge in [-0.05, 0) is 51.8 Å². The fourth-order valence-electron chi connectivity index (χ4n) is 1.32. The van der Waals surface area contributed by atoms with Gasteiger partial charge in [-0.15, -0.1) is 0 Å². The summed E-state index contributed by atoms with van der Waals surface area (Å²) in [5.41, 5.74) is 3.41. The van der Waals surface area contributed by atoms with Crippen LogP contribution in [0.25, 0.3) is 0 Å². The summed E-state index contributed by atoms with van der Waals surface area (Å²) in [6.45, 7) is 0. The second-order valence-electron chi connectivity index (χ2n) is 3.62. The van der Waals surface area contributed by atoms with Gasteiger partial charge in [0, 0.05) is 6.20 Å². The zero-order valence-electron chi connectivity index (χ0n) is 9.75. The first kappa shape index (κ1) is 13.2. The van der Waals surface area contributed by atoms with Crippen molar-refractivity contribution in [1.29, 1.82) is 0 Å². The molecule has 2 aromatic rings. The Hall–Kier alpha value is -2.21. The second kappa shape index (κ2) is 6.10. The van der Waals surface area contributed by atoms with Crippen LogP contribution in [0.1, 0.15) is 16.1 Å². The highest BCUT2D eigenvalue weighted by Gasteiger charge is 2.03. The maximum atomic E-state index is 11.6. The number of hydrogen-bond acceptors (Lipinski definition) is 4. The quantitative estimate of drug-likeness (QED) is 0.673. The van der Waals surface area contributed by atoms with Crippen molar-refractivity contribution >= 4 is 28.1 Å². The smallest absolute Gasteiger partial charge is 0.289 e. The summed E-state index contributed by atoms with van der Waals surface area (Å²) in [6, 6.07) is 9.95. The molecule has 19 heavy (non-hydrogen) atoms. The Labute approximate surface area is 118 Å². The van der Waals surface area contributed by atoms with Gasteiger partial charge in [0.1, 0.15) is 11.4 Å². The third-order valence-corrected chi connectivity index (χ3v) is 2.88. The topological polar surface area (TPSA) is 74.6 Å². The van der Waals surface area contributed by atoms with Gasteiger partial charge in [-0.3, -0.25) is 9.78 Å². The first-order valence-corrected chi connectivity index (χ1v) is 6.19. The largest absolute Gasteiger partial charge is 0.507 e. The summed E-state index contributed by atoms with van der Waals surface area (Å²) in [4.78, 5) is 15.5. The summed E-state index contributed by atoms with van der Waals surface area (Å²) in [6.07, 6.45) is 3.01. The lowest BCUT2D eigenvalue weighted by atomic mass is 10.2. The van der Waals surface area contributed by atoms with E-state index in [1.807, 2.05) is 0 Å². The lowest BCUT2D eigenvalue weighted by molar-refractivity contribution is 0.0950. The van der Waals surface area contributed by atoms with E-state index < -0.39 is 0 Å². The lowest BCUT2D eigenvalue weighted by Crippen LogP contribution is -2.18. The number of amides is 1. The number of carbonyl (C=O) groups excluding carboxylic acids is 1. The minimum Gasteiger partial charge on any atom is -0.507 e. The maximum Gasteiger partial charge on any atom is 0.289 e. The molecule has 1 aromatic heterocycles. The van der Waals surface area contributed by atoms with Gasteiger partial charge < -0.3 is 5.11 Å². The molecule has 0 aliphatic heterocycles. The number of aromatic nitrogens is 1. The molecule has 0 aliphatic carbocycles. The van der Waals surface area contributed by atoms with Crippen molar-refractivity contribution in [3.8, 4) is 5.75 Å². The predicted octanol–water partition coefficient (Wildman–Crippen LogP) is 2.31. The van der Waals surface area contributed by atoms with Gasteiger partial charge >= 0.3 is 0 Å². The summed E-state index contributed by atoms with van der Waals surface area (Å²) in [5, 5.41) is 13.2. The van der Waals surface area contributed by atoms with Crippen LogP contribution in [0, 0.1) is 0 Å². The van der Waals surface area contributed by atoms with Crippen LogP contribution in [0.5, 0.6) is 5.75 Å². The van der Waals surface area contributed by atoms with Crippen molar-refractivity contribution in [2.75, 3.05) is 0 Å². The third kappa shape index (κ3) is 3.62. The minimum absolute atomic E-state index is 0.148. The summed E-state index contributed by atoms with van der Waals surface area (Å²) < 4.78 is 0.563. The van der Waals surface area contributed by atoms with Gasteiger partial charge in [0.2, 0.25) is 0 Å². The SMILES string of the molecule is O=C(N/N=C/c1ccc(O)c(Br)c1)c1ccccn1. The first-order valence-electron chi connectivity index (χ1n) is 5.40. The van der Waals surface area contributed by atoms with Gasteiger partial charge in [-0.2, -0.15) is 5.10 Å². The molecule has 0 aliphatic rings. The Kier molecular flexibility index (Phi) is 4.25. The van der Waals surface area contributed by atoms with Crippen molar-refractivity contribution in [2.45, 2.75) is 0 Å². The van der Waals surface area contributed by atoms with Crippen molar-refractivity contribution in [2.24, 2.45) is 5.10 Å². The number of pyridine rings is 1. The molecule has 0 radical (unpaired) electrons. The number of aromatic hydroxyl groups is 1. The fraction of sp³-hybridized carbons (Fsp3) is 0. The Bertz CT molecular complexity index is 615. The van der Waals surface area contributed by atoms with Crippen molar-refractivity contribution in [3.63, 3.8) is 0 Å². The minimum atomic E-state index is -0.380. The van der Waals surface area contributed by atoms with E-state index in [9.17, 15) is 9.90 Å². The molecule has 0 bridgehead atoms. The fourth-order valence-corrected chi connectivity index (χ4v) is 1.72. The number of phenolic OH excluding ortho intramolecular Hbond substituents is 1. The lowest BCUT2D eigenvalue weighted by Gasteiger charge is -1.99. The third-order valence-electron chi connectivity index (χ3n) is 2.25. The number of benzene rings is 1. The zero-order valence-corrected chi connectivity index (χ0v) is 11.3.